The Kier molecular flexibility index (Phi) is 13.6. The number of carbonyl (C=O) groups excluding carboxylic acids is 3. The second-order valence-electron chi connectivity index (χ2n) is 17.4. The number of carbonyl (C=O) groups is 3. The Labute approximate surface area is 369 Å². The molecular weight excluding hydrogens is 797 g/mol. The fraction of sp³-hybridized carbons (Fsp3) is 0.449. The van der Waals surface area contributed by atoms with Crippen LogP contribution < -0.4 is 5.32 Å². The minimum atomic E-state index is -0.541. The highest BCUT2D eigenvalue weighted by atomic mass is 16.6. The highest BCUT2D eigenvalue weighted by Crippen LogP contribution is 2.37. The monoisotopic (exact) mass is 856 g/mol. The van der Waals surface area contributed by atoms with E-state index < -0.39 is 5.60 Å². The van der Waals surface area contributed by atoms with Gasteiger partial charge < -0.3 is 24.4 Å². The molecule has 0 bridgehead atoms. The number of rotatable bonds is 10. The van der Waals surface area contributed by atoms with Gasteiger partial charge in [-0.25, -0.2) is 14.2 Å². The lowest BCUT2D eigenvalue weighted by molar-refractivity contribution is -0.141. The van der Waals surface area contributed by atoms with Crippen LogP contribution >= 0.6 is 0 Å². The lowest BCUT2D eigenvalue weighted by Gasteiger charge is -2.32. The fourth-order valence-electron chi connectivity index (χ4n) is 8.90. The number of nitrogens with one attached hydrogen (secondary N) is 1. The molecular formula is C49H60N8O6. The molecule has 0 aliphatic carbocycles. The zero-order valence-corrected chi connectivity index (χ0v) is 38.1. The van der Waals surface area contributed by atoms with Crippen molar-refractivity contribution in [3.05, 3.63) is 116 Å². The molecule has 4 aromatic carbocycles. The van der Waals surface area contributed by atoms with Crippen molar-refractivity contribution in [2.24, 2.45) is 0 Å². The Bertz CT molecular complexity index is 2640. The summed E-state index contributed by atoms with van der Waals surface area (Å²) in [7, 11) is 2.85. The first-order chi connectivity index (χ1) is 30.2. The average molecular weight is 857 g/mol. The zero-order valence-electron chi connectivity index (χ0n) is 38.1. The third-order valence-corrected chi connectivity index (χ3v) is 12.3. The summed E-state index contributed by atoms with van der Waals surface area (Å²) in [4.78, 5) is 39.1. The van der Waals surface area contributed by atoms with Gasteiger partial charge in [-0.05, 0) is 136 Å². The number of aromatic nitrogens is 6. The predicted molar refractivity (Wildman–Crippen MR) is 241 cm³/mol. The van der Waals surface area contributed by atoms with E-state index in [0.29, 0.717) is 19.5 Å². The summed E-state index contributed by atoms with van der Waals surface area (Å²) >= 11 is 0. The molecule has 0 unspecified atom stereocenters. The normalized spacial score (nSPS) is 14.6. The van der Waals surface area contributed by atoms with E-state index >= 15 is 0 Å². The number of hydrogen-bond donors (Lipinski definition) is 1. The molecule has 2 atom stereocenters. The number of fused-ring (bicyclic) bond motifs is 4. The molecule has 332 valence electrons. The van der Waals surface area contributed by atoms with Crippen molar-refractivity contribution in [2.45, 2.75) is 118 Å². The van der Waals surface area contributed by atoms with Crippen LogP contribution in [0.1, 0.15) is 115 Å². The third-order valence-electron chi connectivity index (χ3n) is 12.3. The van der Waals surface area contributed by atoms with Gasteiger partial charge in [0.25, 0.3) is 0 Å². The molecule has 2 aliphatic rings. The molecule has 1 amide bonds. The van der Waals surface area contributed by atoms with Crippen molar-refractivity contribution in [1.29, 1.82) is 0 Å². The Morgan fingerprint density at radius 2 is 1.21 bits per heavy atom. The van der Waals surface area contributed by atoms with Crippen molar-refractivity contribution >= 4 is 40.1 Å². The summed E-state index contributed by atoms with van der Waals surface area (Å²) in [5, 5.41) is 20.7. The Balaban J connectivity index is 0.000000193. The van der Waals surface area contributed by atoms with Gasteiger partial charge in [-0.2, -0.15) is 0 Å². The summed E-state index contributed by atoms with van der Waals surface area (Å²) in [6, 6.07) is 21.2. The van der Waals surface area contributed by atoms with Gasteiger partial charge >= 0.3 is 18.0 Å². The van der Waals surface area contributed by atoms with Crippen LogP contribution in [-0.2, 0) is 62.8 Å². The van der Waals surface area contributed by atoms with E-state index in [1.54, 1.807) is 4.90 Å². The van der Waals surface area contributed by atoms with E-state index in [1.165, 1.54) is 30.9 Å². The molecule has 4 heterocycles. The van der Waals surface area contributed by atoms with Gasteiger partial charge in [0.2, 0.25) is 0 Å². The summed E-state index contributed by atoms with van der Waals surface area (Å²) in [5.74, 6) is -0.769. The second-order valence-corrected chi connectivity index (χ2v) is 17.4. The maximum Gasteiger partial charge on any atom is 0.410 e. The number of methoxy groups -OCH3 is 2. The number of amides is 1. The largest absolute Gasteiger partial charge is 0.469 e. The molecule has 6 aromatic rings. The van der Waals surface area contributed by atoms with Gasteiger partial charge in [0.15, 0.2) is 0 Å². The fourth-order valence-corrected chi connectivity index (χ4v) is 8.90. The molecule has 0 saturated heterocycles. The number of esters is 2. The number of ether oxygens (including phenoxy) is 3. The summed E-state index contributed by atoms with van der Waals surface area (Å²) in [6.45, 7) is 18.3. The van der Waals surface area contributed by atoms with Crippen LogP contribution in [0, 0.1) is 13.8 Å². The van der Waals surface area contributed by atoms with E-state index in [9.17, 15) is 14.4 Å². The molecule has 0 fully saturated rings. The summed E-state index contributed by atoms with van der Waals surface area (Å²) < 4.78 is 19.4. The number of benzene rings is 4. The van der Waals surface area contributed by atoms with Gasteiger partial charge in [-0.3, -0.25) is 9.59 Å². The molecule has 0 radical (unpaired) electrons. The van der Waals surface area contributed by atoms with Crippen molar-refractivity contribution in [3.63, 3.8) is 0 Å². The molecule has 2 aromatic heterocycles. The van der Waals surface area contributed by atoms with E-state index in [1.807, 2.05) is 50.0 Å². The van der Waals surface area contributed by atoms with Crippen molar-refractivity contribution < 1.29 is 28.6 Å². The molecule has 2 aliphatic heterocycles. The first-order valence-electron chi connectivity index (χ1n) is 21.9. The van der Waals surface area contributed by atoms with E-state index in [2.05, 4.69) is 94.4 Å². The number of aryl methyl sites for hydroxylation is 4. The number of hydrogen-bond acceptors (Lipinski definition) is 11. The summed E-state index contributed by atoms with van der Waals surface area (Å²) in [5.41, 5.74) is 14.5. The molecule has 63 heavy (non-hydrogen) atoms. The smallest absolute Gasteiger partial charge is 0.410 e. The molecule has 14 heteroatoms. The second kappa shape index (κ2) is 19.1. The maximum atomic E-state index is 12.7. The van der Waals surface area contributed by atoms with Crippen LogP contribution in [0.2, 0.25) is 0 Å². The first-order valence-corrected chi connectivity index (χ1v) is 21.9. The molecule has 1 N–H and O–H groups in total. The van der Waals surface area contributed by atoms with Crippen LogP contribution in [0.4, 0.5) is 4.79 Å². The predicted octanol–water partition coefficient (Wildman–Crippen LogP) is 7.85. The Morgan fingerprint density at radius 1 is 0.698 bits per heavy atom. The van der Waals surface area contributed by atoms with Gasteiger partial charge in [-0.15, -0.1) is 10.2 Å². The third kappa shape index (κ3) is 9.75. The quantitative estimate of drug-likeness (QED) is 0.106. The standard InChI is InChI=1S/C27H34N4O4.C22H26N4O2/c1-7-31-23-11-10-21(17(2)25(23)28-29-31)22(15-24(32)34-6)19-9-8-18-12-13-30(16-20(18)14-19)26(33)35-27(3,4)5;1-4-26-20-8-7-18(14(2)22(20)24-25-26)19(12-21(27)28-3)16-6-5-15-9-10-23-13-17(15)11-16/h8-11,14,22H,7,12-13,15-16H2,1-6H3;5-8,11,19,23H,4,9-10,12-13H2,1-3H3/t22-;19-/m00/s1. The minimum Gasteiger partial charge on any atom is -0.469 e. The zero-order chi connectivity index (χ0) is 45.0. The lowest BCUT2D eigenvalue weighted by Crippen LogP contribution is -2.39. The van der Waals surface area contributed by atoms with E-state index in [0.717, 1.165) is 100 Å². The van der Waals surface area contributed by atoms with Crippen LogP contribution in [-0.4, -0.2) is 85.8 Å². The van der Waals surface area contributed by atoms with Crippen molar-refractivity contribution in [3.8, 4) is 0 Å². The molecule has 0 spiro atoms. The maximum absolute atomic E-state index is 12.7. The van der Waals surface area contributed by atoms with Gasteiger partial charge in [0, 0.05) is 44.6 Å². The first kappa shape index (κ1) is 44.9. The van der Waals surface area contributed by atoms with Crippen molar-refractivity contribution in [2.75, 3.05) is 27.3 Å². The van der Waals surface area contributed by atoms with Crippen LogP contribution in [0.15, 0.2) is 60.7 Å². The van der Waals surface area contributed by atoms with Crippen LogP contribution in [0.25, 0.3) is 22.1 Å². The number of nitrogens with zero attached hydrogens (tertiary/aromatic N) is 7. The Hall–Kier alpha value is -6.15. The topological polar surface area (TPSA) is 156 Å². The van der Waals surface area contributed by atoms with E-state index in [-0.39, 0.29) is 36.3 Å². The van der Waals surface area contributed by atoms with Gasteiger partial charge in [-0.1, -0.05) is 59.0 Å². The highest BCUT2D eigenvalue weighted by molar-refractivity contribution is 5.82. The minimum absolute atomic E-state index is 0.0733. The molecule has 8 rings (SSSR count). The molecule has 14 nitrogen and oxygen atoms in total. The van der Waals surface area contributed by atoms with Gasteiger partial charge in [0.05, 0.1) is 38.1 Å². The van der Waals surface area contributed by atoms with Gasteiger partial charge in [0.1, 0.15) is 16.6 Å². The van der Waals surface area contributed by atoms with Crippen molar-refractivity contribution in [1.82, 2.24) is 40.2 Å². The summed E-state index contributed by atoms with van der Waals surface area (Å²) in [6.07, 6.45) is 2.01. The Morgan fingerprint density at radius 3 is 1.70 bits per heavy atom. The lowest BCUT2D eigenvalue weighted by atomic mass is 9.83. The highest BCUT2D eigenvalue weighted by Gasteiger charge is 2.29. The van der Waals surface area contributed by atoms with Crippen LogP contribution in [0.5, 0.6) is 0 Å². The van der Waals surface area contributed by atoms with E-state index in [4.69, 9.17) is 14.2 Å². The van der Waals surface area contributed by atoms with Crippen LogP contribution in [0.3, 0.4) is 0 Å². The molecule has 0 saturated carbocycles. The average Bonchev–Trinajstić information content (AvgIpc) is 3.92. The SMILES string of the molecule is CCn1nnc2c(C)c([C@@H](CC(=O)OC)c3ccc4c(c3)CN(C(=O)OC(C)(C)C)CC4)ccc21.CCn1nnc2c(C)c([C@@H](CC(=O)OC)c3ccc4c(c3)CNCC4)ccc21.